The van der Waals surface area contributed by atoms with Gasteiger partial charge >= 0.3 is 0 Å². The van der Waals surface area contributed by atoms with Crippen molar-refractivity contribution in [3.63, 3.8) is 0 Å². The third-order valence-corrected chi connectivity index (χ3v) is 8.45. The molecule has 4 aromatic rings. The summed E-state index contributed by atoms with van der Waals surface area (Å²) in [5, 5.41) is 2.20. The van der Waals surface area contributed by atoms with Crippen molar-refractivity contribution in [2.24, 2.45) is 17.5 Å². The molecule has 4 heterocycles. The molecule has 1 atom stereocenters. The molecule has 1 aliphatic heterocycles. The van der Waals surface area contributed by atoms with Crippen LogP contribution in [0.5, 0.6) is 0 Å². The molecule has 1 aliphatic rings. The molecule has 1 saturated heterocycles. The van der Waals surface area contributed by atoms with Gasteiger partial charge in [0.05, 0.1) is 22.8 Å². The molecule has 0 spiro atoms. The topological polar surface area (TPSA) is 141 Å². The summed E-state index contributed by atoms with van der Waals surface area (Å²) in [7, 11) is -0.652. The molecule has 11 heteroatoms. The second kappa shape index (κ2) is 10.3. The number of hydrazine groups is 1. The first-order chi connectivity index (χ1) is 18.2. The lowest BCUT2D eigenvalue weighted by Crippen LogP contribution is -2.28. The molecule has 0 bridgehead atoms. The Morgan fingerprint density at radius 1 is 1.18 bits per heavy atom. The number of nitrogens with two attached hydrogens (primary N) is 2. The van der Waals surface area contributed by atoms with E-state index >= 15 is 0 Å². The smallest absolute Gasteiger partial charge is 0.257 e. The number of aromatic nitrogens is 3. The molecule has 0 aliphatic carbocycles. The maximum Gasteiger partial charge on any atom is 0.257 e. The fourth-order valence-electron chi connectivity index (χ4n) is 5.45. The van der Waals surface area contributed by atoms with Crippen molar-refractivity contribution >= 4 is 37.8 Å². The van der Waals surface area contributed by atoms with Crippen LogP contribution in [0.2, 0.25) is 0 Å². The monoisotopic (exact) mass is 535 g/mol. The van der Waals surface area contributed by atoms with Gasteiger partial charge in [0.15, 0.2) is 5.03 Å². The Kier molecular flexibility index (Phi) is 7.10. The lowest BCUT2D eigenvalue weighted by Gasteiger charge is -2.33. The lowest BCUT2D eigenvalue weighted by atomic mass is 9.86. The van der Waals surface area contributed by atoms with Crippen LogP contribution in [0.1, 0.15) is 36.9 Å². The van der Waals surface area contributed by atoms with Gasteiger partial charge in [-0.1, -0.05) is 30.3 Å². The van der Waals surface area contributed by atoms with E-state index in [0.29, 0.717) is 30.3 Å². The molecule has 200 valence electrons. The van der Waals surface area contributed by atoms with E-state index in [1.54, 1.807) is 26.2 Å². The summed E-state index contributed by atoms with van der Waals surface area (Å²) in [6, 6.07) is 15.4. The molecule has 38 heavy (non-hydrogen) atoms. The molecule has 1 fully saturated rings. The van der Waals surface area contributed by atoms with Crippen molar-refractivity contribution in [3.05, 3.63) is 71.6 Å². The van der Waals surface area contributed by atoms with Crippen molar-refractivity contribution in [3.8, 4) is 0 Å². The third kappa shape index (κ3) is 4.62. The van der Waals surface area contributed by atoms with Gasteiger partial charge in [0.25, 0.3) is 10.0 Å². The minimum atomic E-state index is -3.77. The summed E-state index contributed by atoms with van der Waals surface area (Å²) >= 11 is 0. The number of nitrogens with one attached hydrogen (secondary N) is 1. The largest absolute Gasteiger partial charge is 0.401 e. The SMILES string of the molecule is CNS(=O)(=O)c1ccc2c3ncc(/C(=C(\C)N)N(C)N)cc3n(C(c3ccccc3)C3CCOCC3)c2n1. The summed E-state index contributed by atoms with van der Waals surface area (Å²) in [6.07, 6.45) is 3.47. The number of hydrogen-bond acceptors (Lipinski definition) is 8. The fraction of sp³-hybridized carbons (Fsp3) is 0.333. The Morgan fingerprint density at radius 2 is 1.89 bits per heavy atom. The predicted molar refractivity (Wildman–Crippen MR) is 148 cm³/mol. The first-order valence-corrected chi connectivity index (χ1v) is 14.0. The summed E-state index contributed by atoms with van der Waals surface area (Å²) in [6.45, 7) is 3.13. The summed E-state index contributed by atoms with van der Waals surface area (Å²) in [4.78, 5) is 9.54. The number of fused-ring (bicyclic) bond motifs is 3. The zero-order chi connectivity index (χ0) is 27.0. The average molecular weight is 536 g/mol. The molecule has 1 unspecified atom stereocenters. The van der Waals surface area contributed by atoms with Gasteiger partial charge < -0.3 is 20.0 Å². The predicted octanol–water partition coefficient (Wildman–Crippen LogP) is 2.96. The summed E-state index contributed by atoms with van der Waals surface area (Å²) < 4.78 is 35.7. The van der Waals surface area contributed by atoms with Crippen LogP contribution < -0.4 is 16.3 Å². The molecule has 0 saturated carbocycles. The van der Waals surface area contributed by atoms with Gasteiger partial charge in [-0.3, -0.25) is 4.98 Å². The molecule has 10 nitrogen and oxygen atoms in total. The lowest BCUT2D eigenvalue weighted by molar-refractivity contribution is 0.0552. The highest BCUT2D eigenvalue weighted by Gasteiger charge is 2.31. The number of pyridine rings is 2. The number of hydrogen-bond donors (Lipinski definition) is 3. The molecule has 1 aromatic carbocycles. The number of allylic oxidation sites excluding steroid dienone is 1. The van der Waals surface area contributed by atoms with Crippen LogP contribution in [-0.2, 0) is 14.8 Å². The molecule has 0 radical (unpaired) electrons. The van der Waals surface area contributed by atoms with Gasteiger partial charge in [0.1, 0.15) is 5.65 Å². The number of benzene rings is 1. The number of rotatable bonds is 7. The van der Waals surface area contributed by atoms with Gasteiger partial charge in [0.2, 0.25) is 0 Å². The van der Waals surface area contributed by atoms with Crippen molar-refractivity contribution in [1.82, 2.24) is 24.3 Å². The van der Waals surface area contributed by atoms with Crippen LogP contribution in [-0.4, -0.2) is 55.3 Å². The first-order valence-electron chi connectivity index (χ1n) is 12.5. The molecule has 5 rings (SSSR count). The summed E-state index contributed by atoms with van der Waals surface area (Å²) in [5.41, 5.74) is 11.4. The van der Waals surface area contributed by atoms with Gasteiger partial charge in [-0.2, -0.15) is 0 Å². The van der Waals surface area contributed by atoms with Crippen LogP contribution >= 0.6 is 0 Å². The van der Waals surface area contributed by atoms with Crippen molar-refractivity contribution in [1.29, 1.82) is 0 Å². The van der Waals surface area contributed by atoms with Gasteiger partial charge in [0, 0.05) is 43.1 Å². The third-order valence-electron chi connectivity index (χ3n) is 7.14. The molecule has 3 aromatic heterocycles. The second-order valence-electron chi connectivity index (χ2n) is 9.64. The van der Waals surface area contributed by atoms with E-state index in [4.69, 9.17) is 26.3 Å². The van der Waals surface area contributed by atoms with Crippen molar-refractivity contribution < 1.29 is 13.2 Å². The highest BCUT2D eigenvalue weighted by atomic mass is 32.2. The van der Waals surface area contributed by atoms with Crippen molar-refractivity contribution in [2.45, 2.75) is 30.8 Å². The molecule has 0 amide bonds. The second-order valence-corrected chi connectivity index (χ2v) is 11.5. The highest BCUT2D eigenvalue weighted by molar-refractivity contribution is 7.89. The van der Waals surface area contributed by atoms with Gasteiger partial charge in [-0.15, -0.1) is 0 Å². The Balaban J connectivity index is 1.89. The van der Waals surface area contributed by atoms with Gasteiger partial charge in [-0.05, 0) is 56.5 Å². The van der Waals surface area contributed by atoms with Crippen LogP contribution in [0.3, 0.4) is 0 Å². The van der Waals surface area contributed by atoms with Gasteiger partial charge in [-0.25, -0.2) is 24.0 Å². The minimum absolute atomic E-state index is 0.0457. The van der Waals surface area contributed by atoms with E-state index in [2.05, 4.69) is 21.4 Å². The number of sulfonamides is 1. The van der Waals surface area contributed by atoms with E-state index in [9.17, 15) is 8.42 Å². The van der Waals surface area contributed by atoms with Crippen LogP contribution in [0.25, 0.3) is 27.8 Å². The quantitative estimate of drug-likeness (QED) is 0.242. The average Bonchev–Trinajstić information content (AvgIpc) is 3.22. The number of nitrogens with zero attached hydrogens (tertiary/aromatic N) is 4. The van der Waals surface area contributed by atoms with Crippen LogP contribution in [0, 0.1) is 5.92 Å². The van der Waals surface area contributed by atoms with E-state index < -0.39 is 10.0 Å². The Bertz CT molecular complexity index is 1600. The zero-order valence-electron chi connectivity index (χ0n) is 21.8. The normalized spacial score (nSPS) is 16.5. The molecular formula is C27H33N7O3S. The van der Waals surface area contributed by atoms with Crippen LogP contribution in [0.15, 0.2) is 65.5 Å². The van der Waals surface area contributed by atoms with E-state index in [0.717, 1.165) is 40.4 Å². The van der Waals surface area contributed by atoms with E-state index in [1.807, 2.05) is 24.3 Å². The first kappa shape index (κ1) is 26.1. The fourth-order valence-corrected chi connectivity index (χ4v) is 6.11. The standard InChI is InChI=1S/C27H33N7O3S/c1-17(28)25(33(3)29)20-15-22-24(31-16-20)21-9-10-23(38(35,36)30-2)32-27(21)34(22)26(18-7-5-4-6-8-18)19-11-13-37-14-12-19/h4-10,15-16,19,26,30H,11-14,28-29H2,1-3H3/b25-17-. The van der Waals surface area contributed by atoms with E-state index in [-0.39, 0.29) is 17.0 Å². The highest BCUT2D eigenvalue weighted by Crippen LogP contribution is 2.40. The Hall–Kier alpha value is -3.51. The maximum absolute atomic E-state index is 12.8. The summed E-state index contributed by atoms with van der Waals surface area (Å²) in [5.74, 6) is 6.38. The Labute approximate surface area is 222 Å². The zero-order valence-corrected chi connectivity index (χ0v) is 22.6. The Morgan fingerprint density at radius 3 is 2.53 bits per heavy atom. The number of ether oxygens (including phenoxy) is 1. The van der Waals surface area contributed by atoms with Crippen LogP contribution in [0.4, 0.5) is 0 Å². The minimum Gasteiger partial charge on any atom is -0.401 e. The van der Waals surface area contributed by atoms with Crippen molar-refractivity contribution in [2.75, 3.05) is 27.3 Å². The van der Waals surface area contributed by atoms with E-state index in [1.165, 1.54) is 18.1 Å². The maximum atomic E-state index is 12.8. The molecular weight excluding hydrogens is 502 g/mol. The molecule has 5 N–H and O–H groups in total.